The third-order valence-corrected chi connectivity index (χ3v) is 5.73. The molecule has 0 aliphatic carbocycles. The van der Waals surface area contributed by atoms with Gasteiger partial charge in [0.1, 0.15) is 5.82 Å². The smallest absolute Gasteiger partial charge is 0.191 e. The van der Waals surface area contributed by atoms with Gasteiger partial charge in [0.25, 0.3) is 0 Å². The number of morpholine rings is 1. The van der Waals surface area contributed by atoms with Crippen molar-refractivity contribution in [2.45, 2.75) is 32.9 Å². The van der Waals surface area contributed by atoms with Gasteiger partial charge in [-0.25, -0.2) is 4.98 Å². The SMILES string of the molecule is CN=C(NCc1cc(N(C)C)nc2ccccc12)NCC(CC(C)C)N1CCOCC1. The van der Waals surface area contributed by atoms with Gasteiger partial charge in [-0.05, 0) is 30.0 Å². The number of anilines is 1. The molecule has 1 aromatic carbocycles. The Morgan fingerprint density at radius 1 is 1.19 bits per heavy atom. The van der Waals surface area contributed by atoms with Crippen molar-refractivity contribution in [3.05, 3.63) is 35.9 Å². The molecule has 2 heterocycles. The maximum atomic E-state index is 5.54. The van der Waals surface area contributed by atoms with Gasteiger partial charge in [0.15, 0.2) is 5.96 Å². The minimum absolute atomic E-state index is 0.476. The van der Waals surface area contributed by atoms with Crippen molar-refractivity contribution in [1.82, 2.24) is 20.5 Å². The predicted octanol–water partition coefficient (Wildman–Crippen LogP) is 2.71. The summed E-state index contributed by atoms with van der Waals surface area (Å²) in [5, 5.41) is 8.23. The van der Waals surface area contributed by atoms with Crippen LogP contribution in [0.3, 0.4) is 0 Å². The van der Waals surface area contributed by atoms with Gasteiger partial charge in [-0.2, -0.15) is 0 Å². The van der Waals surface area contributed by atoms with E-state index in [-0.39, 0.29) is 0 Å². The number of hydrogen-bond donors (Lipinski definition) is 2. The van der Waals surface area contributed by atoms with Crippen LogP contribution < -0.4 is 15.5 Å². The van der Waals surface area contributed by atoms with Gasteiger partial charge in [0, 0.05) is 58.8 Å². The van der Waals surface area contributed by atoms with E-state index in [1.54, 1.807) is 0 Å². The minimum atomic E-state index is 0.476. The van der Waals surface area contributed by atoms with E-state index in [1.165, 1.54) is 10.9 Å². The molecule has 1 aliphatic rings. The molecule has 31 heavy (non-hydrogen) atoms. The number of aliphatic imine (C=N–C) groups is 1. The number of benzene rings is 1. The molecule has 3 rings (SSSR count). The Kier molecular flexibility index (Phi) is 8.49. The highest BCUT2D eigenvalue weighted by Crippen LogP contribution is 2.22. The first kappa shape index (κ1) is 23.3. The number of fused-ring (bicyclic) bond motifs is 1. The topological polar surface area (TPSA) is 65.0 Å². The van der Waals surface area contributed by atoms with Crippen LogP contribution in [0.15, 0.2) is 35.3 Å². The third kappa shape index (κ3) is 6.55. The third-order valence-electron chi connectivity index (χ3n) is 5.73. The lowest BCUT2D eigenvalue weighted by molar-refractivity contribution is 0.0132. The number of para-hydroxylation sites is 1. The fourth-order valence-electron chi connectivity index (χ4n) is 4.07. The van der Waals surface area contributed by atoms with Crippen molar-refractivity contribution < 1.29 is 4.74 Å². The van der Waals surface area contributed by atoms with Crippen molar-refractivity contribution in [3.63, 3.8) is 0 Å². The van der Waals surface area contributed by atoms with Crippen LogP contribution in [0.5, 0.6) is 0 Å². The first-order valence-electron chi connectivity index (χ1n) is 11.3. The van der Waals surface area contributed by atoms with E-state index < -0.39 is 0 Å². The Hall–Kier alpha value is -2.38. The molecule has 0 bridgehead atoms. The number of aromatic nitrogens is 1. The van der Waals surface area contributed by atoms with E-state index in [0.717, 1.165) is 56.6 Å². The van der Waals surface area contributed by atoms with Crippen LogP contribution in [0, 0.1) is 5.92 Å². The quantitative estimate of drug-likeness (QED) is 0.500. The summed E-state index contributed by atoms with van der Waals surface area (Å²) in [6.07, 6.45) is 1.16. The van der Waals surface area contributed by atoms with Crippen molar-refractivity contribution in [2.24, 2.45) is 10.9 Å². The molecule has 0 saturated carbocycles. The Morgan fingerprint density at radius 2 is 1.94 bits per heavy atom. The molecule has 0 radical (unpaired) electrons. The number of guanidine groups is 1. The molecule has 2 aromatic rings. The van der Waals surface area contributed by atoms with E-state index >= 15 is 0 Å². The normalized spacial score (nSPS) is 16.5. The molecule has 2 N–H and O–H groups in total. The second-order valence-electron chi connectivity index (χ2n) is 8.79. The summed E-state index contributed by atoms with van der Waals surface area (Å²) in [6.45, 7) is 9.79. The number of ether oxygens (including phenoxy) is 1. The van der Waals surface area contributed by atoms with Crippen LogP contribution in [0.2, 0.25) is 0 Å². The fraction of sp³-hybridized carbons (Fsp3) is 0.583. The summed E-state index contributed by atoms with van der Waals surface area (Å²) < 4.78 is 5.54. The summed E-state index contributed by atoms with van der Waals surface area (Å²) in [5.41, 5.74) is 2.22. The van der Waals surface area contributed by atoms with Gasteiger partial charge in [0.2, 0.25) is 0 Å². The maximum Gasteiger partial charge on any atom is 0.191 e. The van der Waals surface area contributed by atoms with E-state index in [9.17, 15) is 0 Å². The average Bonchev–Trinajstić information content (AvgIpc) is 2.78. The number of hydrogen-bond acceptors (Lipinski definition) is 5. The van der Waals surface area contributed by atoms with Crippen molar-refractivity contribution in [1.29, 1.82) is 0 Å². The van der Waals surface area contributed by atoms with Crippen molar-refractivity contribution in [2.75, 3.05) is 58.9 Å². The van der Waals surface area contributed by atoms with E-state index in [4.69, 9.17) is 9.72 Å². The van der Waals surface area contributed by atoms with Gasteiger partial charge in [0.05, 0.1) is 18.7 Å². The molecule has 1 aliphatic heterocycles. The zero-order valence-corrected chi connectivity index (χ0v) is 19.7. The summed E-state index contributed by atoms with van der Waals surface area (Å²) >= 11 is 0. The molecule has 170 valence electrons. The molecule has 1 aromatic heterocycles. The Labute approximate surface area is 186 Å². The zero-order chi connectivity index (χ0) is 22.2. The van der Waals surface area contributed by atoms with Crippen LogP contribution >= 0.6 is 0 Å². The molecule has 1 saturated heterocycles. The zero-order valence-electron chi connectivity index (χ0n) is 19.7. The van der Waals surface area contributed by atoms with E-state index in [2.05, 4.69) is 58.6 Å². The molecule has 7 heteroatoms. The highest BCUT2D eigenvalue weighted by molar-refractivity contribution is 5.85. The largest absolute Gasteiger partial charge is 0.379 e. The fourth-order valence-corrected chi connectivity index (χ4v) is 4.07. The lowest BCUT2D eigenvalue weighted by atomic mass is 10.0. The summed E-state index contributed by atoms with van der Waals surface area (Å²) in [7, 11) is 5.88. The second kappa shape index (κ2) is 11.3. The van der Waals surface area contributed by atoms with Gasteiger partial charge >= 0.3 is 0 Å². The van der Waals surface area contributed by atoms with Gasteiger partial charge in [-0.3, -0.25) is 9.89 Å². The Bertz CT molecular complexity index is 860. The molecule has 7 nitrogen and oxygen atoms in total. The average molecular weight is 427 g/mol. The van der Waals surface area contributed by atoms with Crippen molar-refractivity contribution >= 4 is 22.7 Å². The van der Waals surface area contributed by atoms with Crippen molar-refractivity contribution in [3.8, 4) is 0 Å². The highest BCUT2D eigenvalue weighted by atomic mass is 16.5. The maximum absolute atomic E-state index is 5.54. The molecule has 1 fully saturated rings. The Balaban J connectivity index is 1.66. The van der Waals surface area contributed by atoms with E-state index in [0.29, 0.717) is 18.5 Å². The van der Waals surface area contributed by atoms with E-state index in [1.807, 2.05) is 32.1 Å². The summed E-state index contributed by atoms with van der Waals surface area (Å²) in [4.78, 5) is 13.8. The van der Waals surface area contributed by atoms with Crippen LogP contribution in [-0.4, -0.2) is 75.9 Å². The lowest BCUT2D eigenvalue weighted by Gasteiger charge is -2.35. The van der Waals surface area contributed by atoms with Crippen LogP contribution in [-0.2, 0) is 11.3 Å². The number of nitrogens with zero attached hydrogens (tertiary/aromatic N) is 4. The molecule has 1 atom stereocenters. The highest BCUT2D eigenvalue weighted by Gasteiger charge is 2.22. The van der Waals surface area contributed by atoms with Gasteiger partial charge < -0.3 is 20.3 Å². The summed E-state index contributed by atoms with van der Waals surface area (Å²) in [5.74, 6) is 2.44. The monoisotopic (exact) mass is 426 g/mol. The Morgan fingerprint density at radius 3 is 2.61 bits per heavy atom. The van der Waals surface area contributed by atoms with Gasteiger partial charge in [-0.1, -0.05) is 32.0 Å². The van der Waals surface area contributed by atoms with Gasteiger partial charge in [-0.15, -0.1) is 0 Å². The van der Waals surface area contributed by atoms with Crippen LogP contribution in [0.4, 0.5) is 5.82 Å². The molecule has 0 spiro atoms. The molecular formula is C24H38N6O. The summed E-state index contributed by atoms with van der Waals surface area (Å²) in [6, 6.07) is 10.9. The number of nitrogens with one attached hydrogen (secondary N) is 2. The van der Waals surface area contributed by atoms with Crippen LogP contribution in [0.25, 0.3) is 10.9 Å². The number of pyridine rings is 1. The predicted molar refractivity (Wildman–Crippen MR) is 130 cm³/mol. The lowest BCUT2D eigenvalue weighted by Crippen LogP contribution is -2.51. The number of rotatable bonds is 8. The standard InChI is InChI=1S/C24H38N6O/c1-18(2)14-20(30-10-12-31-13-11-30)17-27-24(25-3)26-16-19-15-23(29(4)5)28-22-9-7-6-8-21(19)22/h6-9,15,18,20H,10-14,16-17H2,1-5H3,(H2,25,26,27). The van der Waals surface area contributed by atoms with Crippen LogP contribution in [0.1, 0.15) is 25.8 Å². The first-order valence-corrected chi connectivity index (χ1v) is 11.3. The molecular weight excluding hydrogens is 388 g/mol. The molecule has 1 unspecified atom stereocenters. The second-order valence-corrected chi connectivity index (χ2v) is 8.79. The minimum Gasteiger partial charge on any atom is -0.379 e. The first-order chi connectivity index (χ1) is 15.0. The molecule has 0 amide bonds.